The molecule has 0 bridgehead atoms. The number of nitrogens with zero attached hydrogens (tertiary/aromatic N) is 3. The normalized spacial score (nSPS) is 15.6. The molecule has 1 aromatic carbocycles. The van der Waals surface area contributed by atoms with Gasteiger partial charge in [0.2, 0.25) is 5.43 Å². The molecule has 10 heteroatoms. The first-order chi connectivity index (χ1) is 16.0. The summed E-state index contributed by atoms with van der Waals surface area (Å²) in [5, 5.41) is 13.1. The van der Waals surface area contributed by atoms with E-state index in [4.69, 9.17) is 0 Å². The molecule has 0 fully saturated rings. The van der Waals surface area contributed by atoms with Gasteiger partial charge in [-0.05, 0) is 32.8 Å². The molecule has 3 heterocycles. The molecule has 1 aliphatic heterocycles. The average molecular weight is 472 g/mol. The van der Waals surface area contributed by atoms with E-state index >= 15 is 0 Å². The number of hydrogen-bond donors (Lipinski definition) is 2. The lowest BCUT2D eigenvalue weighted by Crippen LogP contribution is -2.46. The fraction of sp³-hybridized carbons (Fsp3) is 0.375. The number of carbonyl (C=O) groups excluding carboxylic acids is 1. The minimum Gasteiger partial charge on any atom is -0.503 e. The van der Waals surface area contributed by atoms with E-state index in [1.54, 1.807) is 11.5 Å². The molecule has 0 aliphatic carbocycles. The highest BCUT2D eigenvalue weighted by atomic mass is 19.1. The summed E-state index contributed by atoms with van der Waals surface area (Å²) in [7, 11) is 0. The highest BCUT2D eigenvalue weighted by molar-refractivity contribution is 5.95. The molecule has 0 saturated heterocycles. The zero-order chi connectivity index (χ0) is 24.9. The van der Waals surface area contributed by atoms with Crippen molar-refractivity contribution in [2.24, 2.45) is 5.92 Å². The average Bonchev–Trinajstić information content (AvgIpc) is 2.77. The van der Waals surface area contributed by atoms with Crippen molar-refractivity contribution in [2.45, 2.75) is 46.8 Å². The summed E-state index contributed by atoms with van der Waals surface area (Å²) in [6.45, 7) is 8.66. The van der Waals surface area contributed by atoms with E-state index in [1.807, 2.05) is 20.8 Å². The van der Waals surface area contributed by atoms with Crippen LogP contribution in [0.4, 0.5) is 14.6 Å². The molecule has 2 aromatic heterocycles. The maximum absolute atomic E-state index is 13.9. The molecular formula is C24H26F2N4O4. The molecule has 180 valence electrons. The highest BCUT2D eigenvalue weighted by Crippen LogP contribution is 2.29. The van der Waals surface area contributed by atoms with Gasteiger partial charge in [-0.15, -0.1) is 0 Å². The topological polar surface area (TPSA) is 96.0 Å². The zero-order valence-corrected chi connectivity index (χ0v) is 19.4. The first-order valence-electron chi connectivity index (χ1n) is 11.0. The van der Waals surface area contributed by atoms with Crippen molar-refractivity contribution < 1.29 is 18.7 Å². The fourth-order valence-electron chi connectivity index (χ4n) is 4.47. The molecule has 1 aliphatic rings. The van der Waals surface area contributed by atoms with E-state index in [1.165, 1.54) is 16.7 Å². The monoisotopic (exact) mass is 472 g/mol. The van der Waals surface area contributed by atoms with Gasteiger partial charge in [0.25, 0.3) is 11.5 Å². The van der Waals surface area contributed by atoms with Gasteiger partial charge in [0.05, 0.1) is 5.69 Å². The predicted octanol–water partition coefficient (Wildman–Crippen LogP) is 2.55. The second-order valence-electron chi connectivity index (χ2n) is 9.03. The Hall–Kier alpha value is -3.69. The van der Waals surface area contributed by atoms with Crippen LogP contribution in [0.25, 0.3) is 5.52 Å². The number of rotatable bonds is 4. The van der Waals surface area contributed by atoms with Gasteiger partial charge in [-0.2, -0.15) is 0 Å². The van der Waals surface area contributed by atoms with Crippen molar-refractivity contribution in [3.05, 3.63) is 73.4 Å². The quantitative estimate of drug-likeness (QED) is 0.609. The molecule has 0 spiro atoms. The Bertz CT molecular complexity index is 1430. The number of halogens is 2. The number of aryl methyl sites for hydroxylation is 1. The van der Waals surface area contributed by atoms with Crippen LogP contribution in [0.5, 0.6) is 5.75 Å². The number of carbonyl (C=O) groups is 1. The smallest absolute Gasteiger partial charge is 0.280 e. The van der Waals surface area contributed by atoms with E-state index in [2.05, 4.69) is 10.2 Å². The third-order valence-electron chi connectivity index (χ3n) is 6.17. The third-order valence-corrected chi connectivity index (χ3v) is 6.17. The predicted molar refractivity (Wildman–Crippen MR) is 124 cm³/mol. The van der Waals surface area contributed by atoms with Gasteiger partial charge in [0, 0.05) is 43.5 Å². The molecule has 3 aromatic rings. The number of hydrogen-bond acceptors (Lipinski definition) is 5. The lowest BCUT2D eigenvalue weighted by molar-refractivity contribution is 0.0948. The Morgan fingerprint density at radius 1 is 1.24 bits per heavy atom. The van der Waals surface area contributed by atoms with Gasteiger partial charge >= 0.3 is 0 Å². The summed E-state index contributed by atoms with van der Waals surface area (Å²) in [5.41, 5.74) is -1.50. The second-order valence-corrected chi connectivity index (χ2v) is 9.03. The van der Waals surface area contributed by atoms with E-state index in [0.717, 1.165) is 12.6 Å². The van der Waals surface area contributed by atoms with Gasteiger partial charge in [0.15, 0.2) is 11.3 Å². The van der Waals surface area contributed by atoms with Gasteiger partial charge in [-0.3, -0.25) is 19.0 Å². The fourth-order valence-corrected chi connectivity index (χ4v) is 4.47. The number of amides is 1. The number of fused-ring (bicyclic) bond motifs is 2. The van der Waals surface area contributed by atoms with Crippen molar-refractivity contribution in [3.63, 3.8) is 0 Å². The summed E-state index contributed by atoms with van der Waals surface area (Å²) < 4.78 is 29.9. The standard InChI is InChI=1S/C24H26F2N4O4/c1-12(2)28-9-13(3)10-30-23(28)14(4)29-11-17(20(31)21(32)19(29)24(30)34)22(33)27-8-15-5-6-16(25)7-18(15)26/h5-7,11-13,32H,8-10H2,1-4H3,(H,27,33)/t13-/m1/s1. The van der Waals surface area contributed by atoms with Gasteiger partial charge in [0.1, 0.15) is 23.0 Å². The molecule has 0 radical (unpaired) electrons. The Kier molecular flexibility index (Phi) is 5.93. The van der Waals surface area contributed by atoms with Crippen molar-refractivity contribution >= 4 is 17.2 Å². The van der Waals surface area contributed by atoms with Gasteiger partial charge < -0.3 is 19.7 Å². The van der Waals surface area contributed by atoms with E-state index in [-0.39, 0.29) is 29.6 Å². The number of nitrogens with one attached hydrogen (secondary N) is 1. The van der Waals surface area contributed by atoms with E-state index in [0.29, 0.717) is 24.1 Å². The zero-order valence-electron chi connectivity index (χ0n) is 19.4. The van der Waals surface area contributed by atoms with Gasteiger partial charge in [-0.1, -0.05) is 13.0 Å². The first kappa shape index (κ1) is 23.5. The molecule has 0 saturated carbocycles. The Morgan fingerprint density at radius 2 is 1.94 bits per heavy atom. The summed E-state index contributed by atoms with van der Waals surface area (Å²) in [6, 6.07) is 3.03. The molecule has 1 atom stereocenters. The summed E-state index contributed by atoms with van der Waals surface area (Å²) >= 11 is 0. The van der Waals surface area contributed by atoms with Crippen LogP contribution < -0.4 is 21.2 Å². The van der Waals surface area contributed by atoms with Crippen molar-refractivity contribution in [3.8, 4) is 5.75 Å². The molecule has 1 amide bonds. The largest absolute Gasteiger partial charge is 0.503 e. The van der Waals surface area contributed by atoms with Crippen LogP contribution in [-0.2, 0) is 13.1 Å². The van der Waals surface area contributed by atoms with Crippen LogP contribution in [-0.4, -0.2) is 32.6 Å². The molecule has 34 heavy (non-hydrogen) atoms. The van der Waals surface area contributed by atoms with Crippen LogP contribution in [0, 0.1) is 24.5 Å². The number of benzene rings is 1. The number of pyridine rings is 1. The lowest BCUT2D eigenvalue weighted by Gasteiger charge is -2.39. The van der Waals surface area contributed by atoms with Crippen LogP contribution in [0.2, 0.25) is 0 Å². The Morgan fingerprint density at radius 3 is 2.59 bits per heavy atom. The minimum absolute atomic E-state index is 0.0325. The Balaban J connectivity index is 1.82. The van der Waals surface area contributed by atoms with Crippen LogP contribution in [0.15, 0.2) is 34.0 Å². The summed E-state index contributed by atoms with van der Waals surface area (Å²) in [5.74, 6) is -2.42. The van der Waals surface area contributed by atoms with Crippen LogP contribution in [0.3, 0.4) is 0 Å². The third kappa shape index (κ3) is 3.82. The highest BCUT2D eigenvalue weighted by Gasteiger charge is 2.30. The van der Waals surface area contributed by atoms with Crippen LogP contribution in [0.1, 0.15) is 42.4 Å². The molecule has 8 nitrogen and oxygen atoms in total. The second kappa shape index (κ2) is 8.58. The van der Waals surface area contributed by atoms with Crippen molar-refractivity contribution in [2.75, 3.05) is 11.4 Å². The molecular weight excluding hydrogens is 446 g/mol. The SMILES string of the molecule is Cc1c2n(c(=O)c3c(O)c(=O)c(C(=O)NCc4ccc(F)cc4F)cn13)C[C@H](C)CN2C(C)C. The van der Waals surface area contributed by atoms with E-state index in [9.17, 15) is 28.3 Å². The number of anilines is 1. The summed E-state index contributed by atoms with van der Waals surface area (Å²) in [6.07, 6.45) is 1.22. The van der Waals surface area contributed by atoms with Gasteiger partial charge in [-0.25, -0.2) is 8.78 Å². The maximum atomic E-state index is 13.9. The number of aromatic hydroxyl groups is 1. The number of aromatic nitrogens is 2. The first-order valence-corrected chi connectivity index (χ1v) is 11.0. The molecule has 0 unspecified atom stereocenters. The van der Waals surface area contributed by atoms with Crippen LogP contribution >= 0.6 is 0 Å². The maximum Gasteiger partial charge on any atom is 0.280 e. The van der Waals surface area contributed by atoms with Crippen molar-refractivity contribution in [1.29, 1.82) is 0 Å². The molecule has 4 rings (SSSR count). The van der Waals surface area contributed by atoms with Crippen molar-refractivity contribution in [1.82, 2.24) is 14.3 Å². The molecule has 2 N–H and O–H groups in total. The van der Waals surface area contributed by atoms with E-state index < -0.39 is 39.8 Å². The Labute approximate surface area is 194 Å². The lowest BCUT2D eigenvalue weighted by atomic mass is 10.1. The minimum atomic E-state index is -1.00. The summed E-state index contributed by atoms with van der Waals surface area (Å²) in [4.78, 5) is 41.0.